The Morgan fingerprint density at radius 1 is 1.33 bits per heavy atom. The number of hydrogen-bond acceptors (Lipinski definition) is 1. The van der Waals surface area contributed by atoms with E-state index in [1.165, 1.54) is 0 Å². The summed E-state index contributed by atoms with van der Waals surface area (Å²) in [6.45, 7) is 0. The van der Waals surface area contributed by atoms with E-state index in [1.54, 1.807) is 0 Å². The fourth-order valence-electron chi connectivity index (χ4n) is 2.28. The lowest BCUT2D eigenvalue weighted by atomic mass is 10.1. The molecule has 2 atom stereocenters. The van der Waals surface area contributed by atoms with Crippen LogP contribution in [0.2, 0.25) is 0 Å². The maximum atomic E-state index is 13.3. The summed E-state index contributed by atoms with van der Waals surface area (Å²) in [5.41, 5.74) is -2.14. The van der Waals surface area contributed by atoms with Crippen LogP contribution in [0.1, 0.15) is 29.3 Å². The lowest BCUT2D eigenvalue weighted by Gasteiger charge is -2.09. The van der Waals surface area contributed by atoms with Gasteiger partial charge >= 0.3 is 6.18 Å². The van der Waals surface area contributed by atoms with Crippen molar-refractivity contribution in [1.82, 2.24) is 10.2 Å². The molecule has 1 aromatic heterocycles. The summed E-state index contributed by atoms with van der Waals surface area (Å²) in [7, 11) is 0. The van der Waals surface area contributed by atoms with Crippen molar-refractivity contribution in [1.29, 1.82) is 0 Å². The molecule has 2 aliphatic rings. The summed E-state index contributed by atoms with van der Waals surface area (Å²) in [6.07, 6.45) is -4.53. The zero-order valence-corrected chi connectivity index (χ0v) is 7.20. The number of H-pyrrole nitrogens is 1. The van der Waals surface area contributed by atoms with E-state index in [0.29, 0.717) is 0 Å². The SMILES string of the molecule is FC(F)(F)c1n[nH]c2c1[C@H]1C[C@H]1C2(F)F. The van der Waals surface area contributed by atoms with Gasteiger partial charge in [0.15, 0.2) is 5.69 Å². The molecular formula is C8H5F5N2. The second kappa shape index (κ2) is 2.17. The molecule has 1 saturated carbocycles. The molecule has 1 heterocycles. The van der Waals surface area contributed by atoms with Crippen LogP contribution < -0.4 is 0 Å². The van der Waals surface area contributed by atoms with Crippen molar-refractivity contribution in [2.24, 2.45) is 5.92 Å². The molecule has 0 spiro atoms. The van der Waals surface area contributed by atoms with Gasteiger partial charge in [-0.15, -0.1) is 0 Å². The number of rotatable bonds is 0. The number of fused-ring (bicyclic) bond motifs is 3. The number of nitrogens with zero attached hydrogens (tertiary/aromatic N) is 1. The fraction of sp³-hybridized carbons (Fsp3) is 0.625. The molecule has 1 aromatic rings. The highest BCUT2D eigenvalue weighted by molar-refractivity contribution is 5.45. The molecule has 2 nitrogen and oxygen atoms in total. The molecule has 0 aromatic carbocycles. The third-order valence-corrected chi connectivity index (χ3v) is 3.03. The molecule has 0 amide bonds. The molecule has 2 aliphatic carbocycles. The van der Waals surface area contributed by atoms with Crippen LogP contribution >= 0.6 is 0 Å². The summed E-state index contributed by atoms with van der Waals surface area (Å²) in [5.74, 6) is -4.79. The first-order valence-corrected chi connectivity index (χ1v) is 4.37. The first-order valence-electron chi connectivity index (χ1n) is 4.37. The molecule has 82 valence electrons. The number of aromatic amines is 1. The van der Waals surface area contributed by atoms with Crippen LogP contribution in [0, 0.1) is 5.92 Å². The highest BCUT2D eigenvalue weighted by Crippen LogP contribution is 2.67. The highest BCUT2D eigenvalue weighted by Gasteiger charge is 2.67. The van der Waals surface area contributed by atoms with E-state index in [9.17, 15) is 22.0 Å². The van der Waals surface area contributed by atoms with Crippen LogP contribution in [0.3, 0.4) is 0 Å². The average molecular weight is 224 g/mol. The molecular weight excluding hydrogens is 219 g/mol. The molecule has 1 fully saturated rings. The monoisotopic (exact) mass is 224 g/mol. The van der Waals surface area contributed by atoms with Gasteiger partial charge in [-0.3, -0.25) is 5.10 Å². The van der Waals surface area contributed by atoms with Crippen LogP contribution in [0.15, 0.2) is 0 Å². The Labute approximate surface area is 80.5 Å². The standard InChI is InChI=1S/C8H5F5N2/c9-7(10)3-1-2(3)4-5(7)14-15-6(4)8(11,12)13/h2-3H,1H2,(H,14,15)/t2-,3+/m0/s1. The van der Waals surface area contributed by atoms with E-state index in [1.807, 2.05) is 5.10 Å². The zero-order valence-electron chi connectivity index (χ0n) is 7.20. The van der Waals surface area contributed by atoms with Gasteiger partial charge in [0.1, 0.15) is 5.69 Å². The maximum absolute atomic E-state index is 13.3. The van der Waals surface area contributed by atoms with Gasteiger partial charge in [0, 0.05) is 11.5 Å². The predicted octanol–water partition coefficient (Wildman–Crippen LogP) is 2.64. The first-order chi connectivity index (χ1) is 6.83. The molecule has 0 aliphatic heterocycles. The van der Waals surface area contributed by atoms with E-state index in [-0.39, 0.29) is 12.0 Å². The second-order valence-corrected chi connectivity index (χ2v) is 3.93. The molecule has 7 heteroatoms. The van der Waals surface area contributed by atoms with Gasteiger partial charge in [-0.2, -0.15) is 27.1 Å². The third-order valence-electron chi connectivity index (χ3n) is 3.03. The normalized spacial score (nSPS) is 31.3. The molecule has 0 unspecified atom stereocenters. The number of halogens is 5. The second-order valence-electron chi connectivity index (χ2n) is 3.93. The van der Waals surface area contributed by atoms with Crippen LogP contribution in [0.25, 0.3) is 0 Å². The van der Waals surface area contributed by atoms with Gasteiger partial charge in [0.05, 0.1) is 0 Å². The van der Waals surface area contributed by atoms with E-state index in [4.69, 9.17) is 0 Å². The Balaban J connectivity index is 2.18. The Bertz CT molecular complexity index is 433. The lowest BCUT2D eigenvalue weighted by Crippen LogP contribution is -2.14. The van der Waals surface area contributed by atoms with Crippen molar-refractivity contribution >= 4 is 0 Å². The van der Waals surface area contributed by atoms with Crippen molar-refractivity contribution in [2.45, 2.75) is 24.4 Å². The summed E-state index contributed by atoms with van der Waals surface area (Å²) in [4.78, 5) is 0. The summed E-state index contributed by atoms with van der Waals surface area (Å²) < 4.78 is 63.8. The Morgan fingerprint density at radius 2 is 2.00 bits per heavy atom. The van der Waals surface area contributed by atoms with Crippen LogP contribution in [0.4, 0.5) is 22.0 Å². The molecule has 1 N–H and O–H groups in total. The minimum atomic E-state index is -4.66. The van der Waals surface area contributed by atoms with Crippen LogP contribution in [-0.2, 0) is 12.1 Å². The third kappa shape index (κ3) is 0.955. The quantitative estimate of drug-likeness (QED) is 0.674. The van der Waals surface area contributed by atoms with Crippen LogP contribution in [-0.4, -0.2) is 10.2 Å². The minimum absolute atomic E-state index is 0.128. The van der Waals surface area contributed by atoms with Crippen molar-refractivity contribution < 1.29 is 22.0 Å². The number of alkyl halides is 5. The van der Waals surface area contributed by atoms with Crippen molar-refractivity contribution in [3.05, 3.63) is 17.0 Å². The van der Waals surface area contributed by atoms with Crippen molar-refractivity contribution in [3.8, 4) is 0 Å². The Kier molecular flexibility index (Phi) is 1.32. The smallest absolute Gasteiger partial charge is 0.276 e. The topological polar surface area (TPSA) is 28.7 Å². The van der Waals surface area contributed by atoms with Gasteiger partial charge in [-0.05, 0) is 12.3 Å². The number of aromatic nitrogens is 2. The van der Waals surface area contributed by atoms with E-state index in [0.717, 1.165) is 0 Å². The number of nitrogens with one attached hydrogen (secondary N) is 1. The Morgan fingerprint density at radius 3 is 2.60 bits per heavy atom. The van der Waals surface area contributed by atoms with Gasteiger partial charge in [0.25, 0.3) is 5.92 Å². The van der Waals surface area contributed by atoms with Gasteiger partial charge in [-0.25, -0.2) is 0 Å². The van der Waals surface area contributed by atoms with E-state index < -0.39 is 35.3 Å². The van der Waals surface area contributed by atoms with Crippen molar-refractivity contribution in [3.63, 3.8) is 0 Å². The molecule has 0 radical (unpaired) electrons. The molecule has 0 bridgehead atoms. The molecule has 3 rings (SSSR count). The van der Waals surface area contributed by atoms with Gasteiger partial charge in [-0.1, -0.05) is 0 Å². The van der Waals surface area contributed by atoms with E-state index >= 15 is 0 Å². The van der Waals surface area contributed by atoms with Gasteiger partial charge in [0.2, 0.25) is 0 Å². The maximum Gasteiger partial charge on any atom is 0.435 e. The lowest BCUT2D eigenvalue weighted by molar-refractivity contribution is -0.141. The zero-order chi connectivity index (χ0) is 11.0. The number of hydrogen-bond donors (Lipinski definition) is 1. The summed E-state index contributed by atoms with van der Waals surface area (Å²) >= 11 is 0. The van der Waals surface area contributed by atoms with Gasteiger partial charge < -0.3 is 0 Å². The van der Waals surface area contributed by atoms with Crippen LogP contribution in [0.5, 0.6) is 0 Å². The molecule has 15 heavy (non-hydrogen) atoms. The average Bonchev–Trinajstić information content (AvgIpc) is 2.68. The fourth-order valence-corrected chi connectivity index (χ4v) is 2.28. The summed E-state index contributed by atoms with van der Waals surface area (Å²) in [5, 5.41) is 4.78. The van der Waals surface area contributed by atoms with E-state index in [2.05, 4.69) is 5.10 Å². The minimum Gasteiger partial charge on any atom is -0.276 e. The summed E-state index contributed by atoms with van der Waals surface area (Å²) in [6, 6.07) is 0. The Hall–Kier alpha value is -1.14. The molecule has 0 saturated heterocycles. The first kappa shape index (κ1) is 9.11. The van der Waals surface area contributed by atoms with Crippen molar-refractivity contribution in [2.75, 3.05) is 0 Å². The predicted molar refractivity (Wildman–Crippen MR) is 38.3 cm³/mol. The largest absolute Gasteiger partial charge is 0.435 e. The highest BCUT2D eigenvalue weighted by atomic mass is 19.4.